The number of hydrogen-bond acceptors (Lipinski definition) is 4. The molecule has 0 spiro atoms. The first-order valence-corrected chi connectivity index (χ1v) is 6.27. The quantitative estimate of drug-likeness (QED) is 0.582. The lowest BCUT2D eigenvalue weighted by Crippen LogP contribution is -2.19. The van der Waals surface area contributed by atoms with Crippen LogP contribution in [-0.2, 0) is 16.1 Å². The molecule has 0 N–H and O–H groups in total. The van der Waals surface area contributed by atoms with Crippen molar-refractivity contribution in [3.05, 3.63) is 34.7 Å². The summed E-state index contributed by atoms with van der Waals surface area (Å²) in [6.45, 7) is 0.877. The minimum absolute atomic E-state index is 0.295. The second kappa shape index (κ2) is 5.16. The van der Waals surface area contributed by atoms with Crippen molar-refractivity contribution in [3.8, 4) is 0 Å². The standard InChI is InChI=1S/C12H15NO2S/c1-15-12(14)4-6-13(11-2-3-11)8-10-5-7-16-9-10/h4-7,9,11H,2-3,8H2,1H3. The second-order valence-electron chi connectivity index (χ2n) is 3.87. The zero-order valence-corrected chi connectivity index (χ0v) is 10.1. The van der Waals surface area contributed by atoms with Crippen molar-refractivity contribution in [2.24, 2.45) is 0 Å². The number of carbonyl (C=O) groups excluding carboxylic acids is 1. The van der Waals surface area contributed by atoms with Gasteiger partial charge in [0.2, 0.25) is 0 Å². The Morgan fingerprint density at radius 2 is 2.50 bits per heavy atom. The third-order valence-electron chi connectivity index (χ3n) is 2.56. The SMILES string of the molecule is COC(=O)C=CN(Cc1ccsc1)C1CC1. The molecule has 0 radical (unpaired) electrons. The zero-order chi connectivity index (χ0) is 11.4. The minimum atomic E-state index is -0.295. The van der Waals surface area contributed by atoms with Gasteiger partial charge in [-0.1, -0.05) is 0 Å². The Morgan fingerprint density at radius 1 is 1.69 bits per heavy atom. The first-order valence-electron chi connectivity index (χ1n) is 5.32. The maximum absolute atomic E-state index is 11.0. The van der Waals surface area contributed by atoms with Crippen LogP contribution in [0.25, 0.3) is 0 Å². The van der Waals surface area contributed by atoms with Crippen molar-refractivity contribution < 1.29 is 9.53 Å². The van der Waals surface area contributed by atoms with E-state index < -0.39 is 0 Å². The second-order valence-corrected chi connectivity index (χ2v) is 4.65. The molecule has 0 aromatic carbocycles. The van der Waals surface area contributed by atoms with E-state index in [9.17, 15) is 4.79 Å². The van der Waals surface area contributed by atoms with E-state index in [0.29, 0.717) is 6.04 Å². The third kappa shape index (κ3) is 3.10. The minimum Gasteiger partial charge on any atom is -0.466 e. The molecule has 0 bridgehead atoms. The highest BCUT2D eigenvalue weighted by Gasteiger charge is 2.26. The number of rotatable bonds is 5. The molecule has 1 aliphatic rings. The van der Waals surface area contributed by atoms with Crippen LogP contribution in [0.2, 0.25) is 0 Å². The fourth-order valence-electron chi connectivity index (χ4n) is 1.53. The van der Waals surface area contributed by atoms with Crippen molar-refractivity contribution >= 4 is 17.3 Å². The largest absolute Gasteiger partial charge is 0.466 e. The topological polar surface area (TPSA) is 29.5 Å². The van der Waals surface area contributed by atoms with Crippen molar-refractivity contribution in [1.82, 2.24) is 4.90 Å². The summed E-state index contributed by atoms with van der Waals surface area (Å²) in [5.74, 6) is -0.295. The van der Waals surface area contributed by atoms with Gasteiger partial charge in [0.15, 0.2) is 0 Å². The van der Waals surface area contributed by atoms with Crippen molar-refractivity contribution in [1.29, 1.82) is 0 Å². The number of thiophene rings is 1. The molecule has 4 heteroatoms. The van der Waals surface area contributed by atoms with E-state index in [-0.39, 0.29) is 5.97 Å². The summed E-state index contributed by atoms with van der Waals surface area (Å²) < 4.78 is 4.59. The molecule has 0 saturated heterocycles. The third-order valence-corrected chi connectivity index (χ3v) is 3.30. The number of hydrogen-bond donors (Lipinski definition) is 0. The average Bonchev–Trinajstić information content (AvgIpc) is 3.02. The van der Waals surface area contributed by atoms with Crippen LogP contribution in [0, 0.1) is 0 Å². The van der Waals surface area contributed by atoms with Gasteiger partial charge in [-0.3, -0.25) is 0 Å². The summed E-state index contributed by atoms with van der Waals surface area (Å²) in [7, 11) is 1.40. The molecule has 0 unspecified atom stereocenters. The number of methoxy groups -OCH3 is 1. The van der Waals surface area contributed by atoms with Crippen LogP contribution in [0.3, 0.4) is 0 Å². The van der Waals surface area contributed by atoms with Crippen LogP contribution in [0.1, 0.15) is 18.4 Å². The Kier molecular flexibility index (Phi) is 3.62. The number of nitrogens with zero attached hydrogens (tertiary/aromatic N) is 1. The van der Waals surface area contributed by atoms with E-state index in [1.54, 1.807) is 11.3 Å². The fourth-order valence-corrected chi connectivity index (χ4v) is 2.19. The monoisotopic (exact) mass is 237 g/mol. The van der Waals surface area contributed by atoms with Gasteiger partial charge in [-0.15, -0.1) is 0 Å². The Hall–Kier alpha value is -1.29. The van der Waals surface area contributed by atoms with Crippen molar-refractivity contribution in [3.63, 3.8) is 0 Å². The smallest absolute Gasteiger partial charge is 0.331 e. The van der Waals surface area contributed by atoms with Crippen molar-refractivity contribution in [2.45, 2.75) is 25.4 Å². The van der Waals surface area contributed by atoms with E-state index in [0.717, 1.165) is 6.54 Å². The van der Waals surface area contributed by atoms with Crippen LogP contribution >= 0.6 is 11.3 Å². The van der Waals surface area contributed by atoms with Crippen LogP contribution in [0.15, 0.2) is 29.1 Å². The average molecular weight is 237 g/mol. The molecule has 3 nitrogen and oxygen atoms in total. The van der Waals surface area contributed by atoms with E-state index in [4.69, 9.17) is 0 Å². The maximum Gasteiger partial charge on any atom is 0.331 e. The van der Waals surface area contributed by atoms with E-state index >= 15 is 0 Å². The molecular weight excluding hydrogens is 222 g/mol. The molecule has 1 aromatic heterocycles. The molecule has 1 aromatic rings. The lowest BCUT2D eigenvalue weighted by Gasteiger charge is -2.18. The molecule has 0 aliphatic heterocycles. The van der Waals surface area contributed by atoms with Gasteiger partial charge in [0.1, 0.15) is 0 Å². The summed E-state index contributed by atoms with van der Waals surface area (Å²) in [5.41, 5.74) is 1.30. The molecule has 1 saturated carbocycles. The lowest BCUT2D eigenvalue weighted by molar-refractivity contribution is -0.134. The number of ether oxygens (including phenoxy) is 1. The summed E-state index contributed by atoms with van der Waals surface area (Å²) in [6.07, 6.45) is 5.77. The summed E-state index contributed by atoms with van der Waals surface area (Å²) in [6, 6.07) is 2.72. The van der Waals surface area contributed by atoms with E-state index in [1.165, 1.54) is 31.6 Å². The summed E-state index contributed by atoms with van der Waals surface area (Å²) >= 11 is 1.70. The van der Waals surface area contributed by atoms with Gasteiger partial charge in [-0.25, -0.2) is 4.79 Å². The van der Waals surface area contributed by atoms with Gasteiger partial charge in [-0.05, 0) is 35.2 Å². The van der Waals surface area contributed by atoms with Gasteiger partial charge in [0.05, 0.1) is 7.11 Å². The van der Waals surface area contributed by atoms with Gasteiger partial charge in [0.25, 0.3) is 0 Å². The Morgan fingerprint density at radius 3 is 3.06 bits per heavy atom. The Bertz CT molecular complexity index is 368. The fraction of sp³-hybridized carbons (Fsp3) is 0.417. The zero-order valence-electron chi connectivity index (χ0n) is 9.26. The van der Waals surface area contributed by atoms with Crippen molar-refractivity contribution in [2.75, 3.05) is 7.11 Å². The van der Waals surface area contributed by atoms with Crippen LogP contribution in [-0.4, -0.2) is 24.0 Å². The first-order chi connectivity index (χ1) is 7.79. The van der Waals surface area contributed by atoms with Gasteiger partial charge >= 0.3 is 5.97 Å². The number of carbonyl (C=O) groups is 1. The van der Waals surface area contributed by atoms with Crippen LogP contribution in [0.4, 0.5) is 0 Å². The molecule has 1 fully saturated rings. The first kappa shape index (κ1) is 11.2. The van der Waals surface area contributed by atoms with Gasteiger partial charge in [0, 0.05) is 24.9 Å². The van der Waals surface area contributed by atoms with E-state index in [2.05, 4.69) is 26.5 Å². The molecule has 0 amide bonds. The molecule has 86 valence electrons. The molecule has 1 aliphatic carbocycles. The Balaban J connectivity index is 1.95. The van der Waals surface area contributed by atoms with E-state index in [1.807, 2.05) is 6.20 Å². The molecule has 1 heterocycles. The van der Waals surface area contributed by atoms with Gasteiger partial charge < -0.3 is 9.64 Å². The van der Waals surface area contributed by atoms with Crippen LogP contribution < -0.4 is 0 Å². The summed E-state index contributed by atoms with van der Waals surface area (Å²) in [4.78, 5) is 13.2. The van der Waals surface area contributed by atoms with Crippen LogP contribution in [0.5, 0.6) is 0 Å². The van der Waals surface area contributed by atoms with Gasteiger partial charge in [-0.2, -0.15) is 11.3 Å². The lowest BCUT2D eigenvalue weighted by atomic mass is 10.3. The maximum atomic E-state index is 11.0. The molecule has 16 heavy (non-hydrogen) atoms. The normalized spacial score (nSPS) is 15.3. The summed E-state index contributed by atoms with van der Waals surface area (Å²) in [5, 5.41) is 4.21. The number of esters is 1. The predicted octanol–water partition coefficient (Wildman–Crippen LogP) is 2.40. The predicted molar refractivity (Wildman–Crippen MR) is 64.0 cm³/mol. The molecular formula is C12H15NO2S. The molecule has 0 atom stereocenters. The highest BCUT2D eigenvalue weighted by molar-refractivity contribution is 7.07. The molecule has 2 rings (SSSR count). The Labute approximate surface area is 99.3 Å². The highest BCUT2D eigenvalue weighted by atomic mass is 32.1. The highest BCUT2D eigenvalue weighted by Crippen LogP contribution is 2.28.